The Balaban J connectivity index is 0.00000256. The van der Waals surface area contributed by atoms with Crippen molar-refractivity contribution in [2.75, 3.05) is 0 Å². The molecule has 0 spiro atoms. The van der Waals surface area contributed by atoms with E-state index >= 15 is 0 Å². The third kappa shape index (κ3) is 4.05. The summed E-state index contributed by atoms with van der Waals surface area (Å²) in [5.74, 6) is 0. The highest BCUT2D eigenvalue weighted by molar-refractivity contribution is 7.13. The van der Waals surface area contributed by atoms with Crippen molar-refractivity contribution in [3.63, 3.8) is 0 Å². The van der Waals surface area contributed by atoms with E-state index in [2.05, 4.69) is 70.7 Å². The molecule has 0 radical (unpaired) electrons. The Bertz CT molecular complexity index is 1120. The van der Waals surface area contributed by atoms with Gasteiger partial charge in [-0.05, 0) is 42.5 Å². The SMILES string of the molecule is C=C(Cc1ccccc1)c1cc(-c2csc(-c3cnccn3)n2)n(CCC)c1C.[HH]. The summed E-state index contributed by atoms with van der Waals surface area (Å²) in [5, 5.41) is 2.99. The predicted molar refractivity (Wildman–Crippen MR) is 123 cm³/mol. The lowest BCUT2D eigenvalue weighted by Gasteiger charge is -2.10. The van der Waals surface area contributed by atoms with Crippen molar-refractivity contribution in [2.45, 2.75) is 33.2 Å². The Labute approximate surface area is 177 Å². The number of thiazole rings is 1. The molecule has 4 rings (SSSR count). The summed E-state index contributed by atoms with van der Waals surface area (Å²) in [7, 11) is 0. The largest absolute Gasteiger partial charge is 0.343 e. The number of benzene rings is 1. The summed E-state index contributed by atoms with van der Waals surface area (Å²) in [4.78, 5) is 13.4. The van der Waals surface area contributed by atoms with E-state index in [1.165, 1.54) is 16.8 Å². The molecular formula is C24H26N4S. The maximum absolute atomic E-state index is 4.86. The maximum atomic E-state index is 4.86. The first-order valence-electron chi connectivity index (χ1n) is 9.82. The van der Waals surface area contributed by atoms with Gasteiger partial charge in [0.05, 0.1) is 17.6 Å². The monoisotopic (exact) mass is 402 g/mol. The van der Waals surface area contributed by atoms with E-state index in [4.69, 9.17) is 4.98 Å². The van der Waals surface area contributed by atoms with Gasteiger partial charge >= 0.3 is 0 Å². The van der Waals surface area contributed by atoms with E-state index in [1.807, 2.05) is 6.07 Å². The minimum Gasteiger partial charge on any atom is -0.343 e. The maximum Gasteiger partial charge on any atom is 0.144 e. The number of rotatable bonds is 7. The number of aromatic nitrogens is 4. The molecule has 0 aliphatic carbocycles. The van der Waals surface area contributed by atoms with Crippen LogP contribution in [0.3, 0.4) is 0 Å². The summed E-state index contributed by atoms with van der Waals surface area (Å²) >= 11 is 1.60. The van der Waals surface area contributed by atoms with E-state index in [-0.39, 0.29) is 1.43 Å². The third-order valence-electron chi connectivity index (χ3n) is 5.00. The minimum absolute atomic E-state index is 0. The fourth-order valence-corrected chi connectivity index (χ4v) is 4.36. The van der Waals surface area contributed by atoms with E-state index < -0.39 is 0 Å². The van der Waals surface area contributed by atoms with Crippen LogP contribution in [0.1, 0.15) is 31.6 Å². The van der Waals surface area contributed by atoms with Crippen LogP contribution < -0.4 is 0 Å². The Morgan fingerprint density at radius 1 is 1.17 bits per heavy atom. The second kappa shape index (κ2) is 8.53. The predicted octanol–water partition coefficient (Wildman–Crippen LogP) is 6.29. The fourth-order valence-electron chi connectivity index (χ4n) is 3.58. The Morgan fingerprint density at radius 2 is 2.00 bits per heavy atom. The summed E-state index contributed by atoms with van der Waals surface area (Å²) in [6.07, 6.45) is 7.05. The molecule has 3 aromatic heterocycles. The molecule has 0 bridgehead atoms. The Morgan fingerprint density at radius 3 is 2.72 bits per heavy atom. The Hall–Kier alpha value is -3.05. The smallest absolute Gasteiger partial charge is 0.144 e. The van der Waals surface area contributed by atoms with Crippen molar-refractivity contribution >= 4 is 16.9 Å². The molecule has 4 aromatic rings. The molecular weight excluding hydrogens is 376 g/mol. The first-order chi connectivity index (χ1) is 14.2. The van der Waals surface area contributed by atoms with Gasteiger partial charge in [0.2, 0.25) is 0 Å². The highest BCUT2D eigenvalue weighted by atomic mass is 32.1. The van der Waals surface area contributed by atoms with Crippen molar-refractivity contribution in [1.29, 1.82) is 0 Å². The van der Waals surface area contributed by atoms with Crippen molar-refractivity contribution in [3.8, 4) is 22.1 Å². The molecule has 0 saturated carbocycles. The molecule has 29 heavy (non-hydrogen) atoms. The molecule has 0 saturated heterocycles. The lowest BCUT2D eigenvalue weighted by atomic mass is 10.00. The highest BCUT2D eigenvalue weighted by Crippen LogP contribution is 2.33. The molecule has 0 fully saturated rings. The zero-order valence-corrected chi connectivity index (χ0v) is 17.6. The minimum atomic E-state index is 0. The second-order valence-corrected chi connectivity index (χ2v) is 7.93. The normalized spacial score (nSPS) is 11.0. The molecule has 5 heteroatoms. The van der Waals surface area contributed by atoms with Crippen molar-refractivity contribution < 1.29 is 1.43 Å². The molecule has 0 unspecified atom stereocenters. The third-order valence-corrected chi connectivity index (χ3v) is 5.87. The van der Waals surface area contributed by atoms with Gasteiger partial charge in [0.25, 0.3) is 0 Å². The Kier molecular flexibility index (Phi) is 5.67. The van der Waals surface area contributed by atoms with Crippen LogP contribution in [-0.2, 0) is 13.0 Å². The van der Waals surface area contributed by atoms with E-state index in [9.17, 15) is 0 Å². The van der Waals surface area contributed by atoms with Gasteiger partial charge < -0.3 is 4.57 Å². The highest BCUT2D eigenvalue weighted by Gasteiger charge is 2.18. The number of nitrogens with zero attached hydrogens (tertiary/aromatic N) is 4. The molecule has 1 aromatic carbocycles. The fraction of sp³-hybridized carbons (Fsp3) is 0.208. The number of hydrogen-bond donors (Lipinski definition) is 0. The van der Waals surface area contributed by atoms with E-state index in [0.717, 1.165) is 47.0 Å². The van der Waals surface area contributed by atoms with Crippen LogP contribution in [0.15, 0.2) is 66.9 Å². The molecule has 0 aliphatic rings. The molecule has 0 atom stereocenters. The number of hydrogen-bond acceptors (Lipinski definition) is 4. The zero-order chi connectivity index (χ0) is 20.2. The summed E-state index contributed by atoms with van der Waals surface area (Å²) < 4.78 is 2.36. The van der Waals surface area contributed by atoms with Crippen LogP contribution in [0.4, 0.5) is 0 Å². The lowest BCUT2D eigenvalue weighted by Crippen LogP contribution is -2.02. The molecule has 0 aliphatic heterocycles. The molecule has 3 heterocycles. The van der Waals surface area contributed by atoms with Crippen LogP contribution in [0.5, 0.6) is 0 Å². The van der Waals surface area contributed by atoms with Gasteiger partial charge in [0, 0.05) is 31.4 Å². The second-order valence-electron chi connectivity index (χ2n) is 7.07. The van der Waals surface area contributed by atoms with Crippen LogP contribution in [0.25, 0.3) is 27.7 Å². The van der Waals surface area contributed by atoms with E-state index in [1.54, 1.807) is 29.9 Å². The molecule has 0 amide bonds. The summed E-state index contributed by atoms with van der Waals surface area (Å²) in [5.41, 5.74) is 7.80. The summed E-state index contributed by atoms with van der Waals surface area (Å²) in [6, 6.07) is 12.7. The topological polar surface area (TPSA) is 43.6 Å². The van der Waals surface area contributed by atoms with Crippen molar-refractivity contribution in [1.82, 2.24) is 19.5 Å². The van der Waals surface area contributed by atoms with Crippen molar-refractivity contribution in [3.05, 3.63) is 83.8 Å². The van der Waals surface area contributed by atoms with Crippen LogP contribution in [0.2, 0.25) is 0 Å². The average Bonchev–Trinajstić information content (AvgIpc) is 3.35. The first kappa shape index (κ1) is 19.3. The standard InChI is InChI=1S/C24H24N4S.H2/c1-4-12-28-18(3)20(17(2)13-19-8-6-5-7-9-19)14-23(28)22-16-29-24(27-22)21-15-25-10-11-26-21;/h5-11,14-16H,2,4,12-13H2,1,3H3;1H. The van der Waals surface area contributed by atoms with Gasteiger partial charge in [-0.25, -0.2) is 4.98 Å². The molecule has 0 N–H and O–H groups in total. The van der Waals surface area contributed by atoms with Gasteiger partial charge in [-0.15, -0.1) is 11.3 Å². The van der Waals surface area contributed by atoms with Crippen LogP contribution in [-0.4, -0.2) is 19.5 Å². The van der Waals surface area contributed by atoms with Crippen molar-refractivity contribution in [2.24, 2.45) is 0 Å². The van der Waals surface area contributed by atoms with Crippen LogP contribution in [0, 0.1) is 6.92 Å². The zero-order valence-electron chi connectivity index (χ0n) is 16.8. The average molecular weight is 403 g/mol. The molecule has 4 nitrogen and oxygen atoms in total. The van der Waals surface area contributed by atoms with Crippen LogP contribution >= 0.6 is 11.3 Å². The lowest BCUT2D eigenvalue weighted by molar-refractivity contribution is 0.670. The quantitative estimate of drug-likeness (QED) is 0.365. The van der Waals surface area contributed by atoms with Gasteiger partial charge in [0.1, 0.15) is 10.7 Å². The van der Waals surface area contributed by atoms with Gasteiger partial charge in [-0.3, -0.25) is 9.97 Å². The van der Waals surface area contributed by atoms with Gasteiger partial charge in [0.15, 0.2) is 0 Å². The van der Waals surface area contributed by atoms with E-state index in [0.29, 0.717) is 0 Å². The summed E-state index contributed by atoms with van der Waals surface area (Å²) in [6.45, 7) is 9.73. The molecule has 148 valence electrons. The first-order valence-corrected chi connectivity index (χ1v) is 10.7. The number of allylic oxidation sites excluding steroid dienone is 1. The van der Waals surface area contributed by atoms with Gasteiger partial charge in [-0.2, -0.15) is 0 Å². The van der Waals surface area contributed by atoms with Gasteiger partial charge in [-0.1, -0.05) is 43.8 Å².